The molecule has 0 radical (unpaired) electrons. The highest BCUT2D eigenvalue weighted by molar-refractivity contribution is 5.94. The summed E-state index contributed by atoms with van der Waals surface area (Å²) in [6.45, 7) is 0.582. The van der Waals surface area contributed by atoms with E-state index in [9.17, 15) is 18.0 Å². The fourth-order valence-electron chi connectivity index (χ4n) is 3.71. The van der Waals surface area contributed by atoms with Crippen molar-refractivity contribution in [2.75, 3.05) is 11.9 Å². The molecular formula is C20H22F3N3O. The van der Waals surface area contributed by atoms with Gasteiger partial charge in [0, 0.05) is 18.3 Å². The van der Waals surface area contributed by atoms with Crippen molar-refractivity contribution in [2.45, 2.75) is 37.8 Å². The van der Waals surface area contributed by atoms with Gasteiger partial charge in [0.2, 0.25) is 5.91 Å². The van der Waals surface area contributed by atoms with Gasteiger partial charge in [0.05, 0.1) is 5.56 Å². The van der Waals surface area contributed by atoms with E-state index in [1.54, 1.807) is 12.1 Å². The number of hydrogen-bond acceptors (Lipinski definition) is 3. The van der Waals surface area contributed by atoms with E-state index in [4.69, 9.17) is 5.73 Å². The molecule has 27 heavy (non-hydrogen) atoms. The third-order valence-corrected chi connectivity index (χ3v) is 5.17. The highest BCUT2D eigenvalue weighted by atomic mass is 19.4. The quantitative estimate of drug-likeness (QED) is 0.801. The lowest BCUT2D eigenvalue weighted by molar-refractivity contribution is -0.137. The zero-order valence-electron chi connectivity index (χ0n) is 14.8. The largest absolute Gasteiger partial charge is 0.416 e. The van der Waals surface area contributed by atoms with Gasteiger partial charge >= 0.3 is 6.18 Å². The minimum absolute atomic E-state index is 0.242. The average Bonchev–Trinajstić information content (AvgIpc) is 2.66. The lowest BCUT2D eigenvalue weighted by atomic mass is 9.77. The number of nitrogens with two attached hydrogens (primary N) is 1. The molecular weight excluding hydrogens is 355 g/mol. The zero-order valence-corrected chi connectivity index (χ0v) is 14.8. The molecule has 0 aliphatic heterocycles. The van der Waals surface area contributed by atoms with E-state index in [0.717, 1.165) is 43.4 Å². The van der Waals surface area contributed by atoms with E-state index < -0.39 is 17.6 Å². The first-order valence-electron chi connectivity index (χ1n) is 9.00. The maximum Gasteiger partial charge on any atom is 0.416 e. The van der Waals surface area contributed by atoms with Crippen LogP contribution in [-0.2, 0) is 6.18 Å². The summed E-state index contributed by atoms with van der Waals surface area (Å²) in [6.07, 6.45) is 0.515. The second-order valence-corrected chi connectivity index (χ2v) is 6.98. The summed E-state index contributed by atoms with van der Waals surface area (Å²) in [5.74, 6) is 0.478. The van der Waals surface area contributed by atoms with Crippen molar-refractivity contribution in [3.05, 3.63) is 59.3 Å². The number of primary amides is 1. The van der Waals surface area contributed by atoms with Crippen molar-refractivity contribution in [1.82, 2.24) is 4.98 Å². The average molecular weight is 377 g/mol. The van der Waals surface area contributed by atoms with Crippen LogP contribution >= 0.6 is 0 Å². The van der Waals surface area contributed by atoms with Gasteiger partial charge < -0.3 is 11.1 Å². The summed E-state index contributed by atoms with van der Waals surface area (Å²) in [7, 11) is 0. The number of alkyl halides is 3. The molecule has 0 spiro atoms. The van der Waals surface area contributed by atoms with Gasteiger partial charge in [-0.1, -0.05) is 18.2 Å². The number of carbonyl (C=O) groups excluding carboxylic acids is 1. The van der Waals surface area contributed by atoms with Crippen molar-refractivity contribution in [2.24, 2.45) is 11.7 Å². The fourth-order valence-corrected chi connectivity index (χ4v) is 3.71. The minimum Gasteiger partial charge on any atom is -0.370 e. The van der Waals surface area contributed by atoms with Crippen LogP contribution in [0.25, 0.3) is 0 Å². The first-order valence-corrected chi connectivity index (χ1v) is 9.00. The van der Waals surface area contributed by atoms with Crippen molar-refractivity contribution in [3.63, 3.8) is 0 Å². The molecule has 4 nitrogen and oxygen atoms in total. The van der Waals surface area contributed by atoms with E-state index in [-0.39, 0.29) is 11.7 Å². The van der Waals surface area contributed by atoms with Gasteiger partial charge in [-0.3, -0.25) is 4.79 Å². The van der Waals surface area contributed by atoms with Crippen LogP contribution in [0.2, 0.25) is 0 Å². The lowest BCUT2D eigenvalue weighted by Crippen LogP contribution is -2.23. The summed E-state index contributed by atoms with van der Waals surface area (Å²) in [4.78, 5) is 15.6. The number of hydrogen-bond donors (Lipinski definition) is 2. The first kappa shape index (κ1) is 19.2. The number of benzene rings is 1. The Balaban J connectivity index is 1.56. The summed E-state index contributed by atoms with van der Waals surface area (Å²) in [5.41, 5.74) is 6.34. The van der Waals surface area contributed by atoms with Crippen molar-refractivity contribution >= 4 is 11.7 Å². The lowest BCUT2D eigenvalue weighted by Gasteiger charge is -2.30. The van der Waals surface area contributed by atoms with Crippen LogP contribution < -0.4 is 11.1 Å². The molecule has 1 aromatic carbocycles. The normalized spacial score (nSPS) is 20.3. The number of nitrogens with one attached hydrogen (secondary N) is 1. The fraction of sp³-hybridized carbons (Fsp3) is 0.400. The zero-order chi connectivity index (χ0) is 19.4. The maximum absolute atomic E-state index is 12.8. The summed E-state index contributed by atoms with van der Waals surface area (Å²) >= 11 is 0. The number of carbonyl (C=O) groups is 1. The van der Waals surface area contributed by atoms with Crippen LogP contribution in [0.5, 0.6) is 0 Å². The highest BCUT2D eigenvalue weighted by Crippen LogP contribution is 2.37. The SMILES string of the molecule is NC(=O)c1ccccc1C1CCC(CNc2cc(C(F)(F)F)ccn2)CC1. The molecule has 1 saturated carbocycles. The maximum atomic E-state index is 12.8. The van der Waals surface area contributed by atoms with Gasteiger partial charge in [0.25, 0.3) is 0 Å². The predicted molar refractivity (Wildman–Crippen MR) is 97.4 cm³/mol. The predicted octanol–water partition coefficient (Wildman–Crippen LogP) is 4.59. The van der Waals surface area contributed by atoms with Gasteiger partial charge in [-0.15, -0.1) is 0 Å². The molecule has 0 saturated heterocycles. The Hall–Kier alpha value is -2.57. The van der Waals surface area contributed by atoms with Crippen LogP contribution in [0, 0.1) is 5.92 Å². The van der Waals surface area contributed by atoms with Crippen LogP contribution in [0.15, 0.2) is 42.6 Å². The third kappa shape index (κ3) is 4.78. The third-order valence-electron chi connectivity index (χ3n) is 5.17. The standard InChI is InChI=1S/C20H22F3N3O/c21-20(22,23)15-9-10-25-18(11-15)26-12-13-5-7-14(8-6-13)16-3-1-2-4-17(16)19(24)27/h1-4,9-11,13-14H,5-8,12H2,(H2,24,27)(H,25,26). The van der Waals surface area contributed by atoms with Crippen LogP contribution in [-0.4, -0.2) is 17.4 Å². The number of aromatic nitrogens is 1. The summed E-state index contributed by atoms with van der Waals surface area (Å²) in [5, 5.41) is 3.03. The van der Waals surface area contributed by atoms with Gasteiger partial charge in [0.1, 0.15) is 5.82 Å². The number of nitrogens with zero attached hydrogens (tertiary/aromatic N) is 1. The second-order valence-electron chi connectivity index (χ2n) is 6.98. The topological polar surface area (TPSA) is 68.0 Å². The van der Waals surface area contributed by atoms with Crippen LogP contribution in [0.4, 0.5) is 19.0 Å². The molecule has 1 heterocycles. The van der Waals surface area contributed by atoms with Crippen molar-refractivity contribution in [1.29, 1.82) is 0 Å². The minimum atomic E-state index is -4.37. The smallest absolute Gasteiger partial charge is 0.370 e. The number of halogens is 3. The number of pyridine rings is 1. The highest BCUT2D eigenvalue weighted by Gasteiger charge is 2.31. The molecule has 3 N–H and O–H groups in total. The van der Waals surface area contributed by atoms with Crippen molar-refractivity contribution < 1.29 is 18.0 Å². The first-order chi connectivity index (χ1) is 12.8. The molecule has 1 amide bonds. The van der Waals surface area contributed by atoms with E-state index in [1.807, 2.05) is 12.1 Å². The Kier molecular flexibility index (Phi) is 5.68. The molecule has 0 unspecified atom stereocenters. The Labute approximate surface area is 156 Å². The summed E-state index contributed by atoms with van der Waals surface area (Å²) in [6, 6.07) is 9.43. The molecule has 144 valence electrons. The number of amides is 1. The molecule has 7 heteroatoms. The summed E-state index contributed by atoms with van der Waals surface area (Å²) < 4.78 is 38.3. The number of rotatable bonds is 5. The van der Waals surface area contributed by atoms with E-state index in [2.05, 4.69) is 10.3 Å². The second kappa shape index (κ2) is 7.98. The van der Waals surface area contributed by atoms with E-state index in [0.29, 0.717) is 18.0 Å². The van der Waals surface area contributed by atoms with E-state index in [1.165, 1.54) is 6.20 Å². The van der Waals surface area contributed by atoms with Crippen LogP contribution in [0.1, 0.15) is 53.1 Å². The van der Waals surface area contributed by atoms with Gasteiger partial charge in [-0.2, -0.15) is 13.2 Å². The van der Waals surface area contributed by atoms with E-state index >= 15 is 0 Å². The molecule has 2 aromatic rings. The van der Waals surface area contributed by atoms with Gasteiger partial charge in [-0.25, -0.2) is 4.98 Å². The number of anilines is 1. The van der Waals surface area contributed by atoms with Gasteiger partial charge in [0.15, 0.2) is 0 Å². The van der Waals surface area contributed by atoms with Crippen molar-refractivity contribution in [3.8, 4) is 0 Å². The Morgan fingerprint density at radius 2 is 1.85 bits per heavy atom. The molecule has 1 fully saturated rings. The van der Waals surface area contributed by atoms with Gasteiger partial charge in [-0.05, 0) is 61.3 Å². The molecule has 0 bridgehead atoms. The Morgan fingerprint density at radius 3 is 2.52 bits per heavy atom. The monoisotopic (exact) mass is 377 g/mol. The molecule has 1 aromatic heterocycles. The Bertz CT molecular complexity index is 799. The Morgan fingerprint density at radius 1 is 1.15 bits per heavy atom. The molecule has 1 aliphatic rings. The molecule has 0 atom stereocenters. The molecule has 1 aliphatic carbocycles. The van der Waals surface area contributed by atoms with Crippen LogP contribution in [0.3, 0.4) is 0 Å². The molecule has 3 rings (SSSR count).